The van der Waals surface area contributed by atoms with Crippen LogP contribution in [0.4, 0.5) is 0 Å². The molecule has 0 saturated heterocycles. The summed E-state index contributed by atoms with van der Waals surface area (Å²) < 4.78 is 0. The minimum atomic E-state index is 0.705. The van der Waals surface area contributed by atoms with Gasteiger partial charge in [-0.3, -0.25) is 0 Å². The summed E-state index contributed by atoms with van der Waals surface area (Å²) in [6.45, 7) is 4.98. The lowest BCUT2D eigenvalue weighted by Gasteiger charge is -2.11. The van der Waals surface area contributed by atoms with Gasteiger partial charge in [-0.1, -0.05) is 0 Å². The van der Waals surface area contributed by atoms with Gasteiger partial charge in [0.15, 0.2) is 0 Å². The lowest BCUT2D eigenvalue weighted by molar-refractivity contribution is -0.00548. The third kappa shape index (κ3) is 1.83. The maximum Gasteiger partial charge on any atom is 0.296 e. The quantitative estimate of drug-likeness (QED) is 0.486. The average Bonchev–Trinajstić information content (AvgIpc) is 2.09. The molecule has 3 nitrogen and oxygen atoms in total. The molecule has 0 saturated carbocycles. The van der Waals surface area contributed by atoms with E-state index in [1.807, 2.05) is 19.1 Å². The molecule has 0 amide bonds. The standard InChI is InChI=1S/C9H13N3/c1-3-11-9-5-4-8(12-10)6-7(9)2/h5-6,11H,3-4H2,1-2H3. The third-order valence-electron chi connectivity index (χ3n) is 1.82. The van der Waals surface area contributed by atoms with Crippen molar-refractivity contribution in [1.29, 1.82) is 0 Å². The number of nitrogens with one attached hydrogen (secondary N) is 1. The highest BCUT2D eigenvalue weighted by molar-refractivity contribution is 5.94. The second-order valence-electron chi connectivity index (χ2n) is 2.77. The summed E-state index contributed by atoms with van der Waals surface area (Å²) in [5.74, 6) is 0. The molecule has 0 atom stereocenters. The maximum atomic E-state index is 8.52. The molecule has 0 unspecified atom stereocenters. The largest absolute Gasteiger partial charge is 0.385 e. The highest BCUT2D eigenvalue weighted by Crippen LogP contribution is 2.12. The van der Waals surface area contributed by atoms with Crippen LogP contribution in [0.5, 0.6) is 0 Å². The van der Waals surface area contributed by atoms with Crippen LogP contribution in [-0.4, -0.2) is 17.0 Å². The van der Waals surface area contributed by atoms with E-state index in [-0.39, 0.29) is 0 Å². The van der Waals surface area contributed by atoms with Crippen molar-refractivity contribution in [2.75, 3.05) is 6.54 Å². The molecule has 1 aliphatic rings. The second kappa shape index (κ2) is 3.88. The zero-order valence-corrected chi connectivity index (χ0v) is 7.46. The van der Waals surface area contributed by atoms with Crippen LogP contribution < -0.4 is 5.32 Å². The molecule has 1 rings (SSSR count). The number of hydrogen-bond acceptors (Lipinski definition) is 1. The minimum Gasteiger partial charge on any atom is -0.385 e. The van der Waals surface area contributed by atoms with E-state index in [1.54, 1.807) is 0 Å². The monoisotopic (exact) mass is 163 g/mol. The third-order valence-corrected chi connectivity index (χ3v) is 1.82. The molecule has 0 radical (unpaired) electrons. The number of hydrogen-bond donors (Lipinski definition) is 1. The van der Waals surface area contributed by atoms with Crippen LogP contribution in [0, 0.1) is 0 Å². The van der Waals surface area contributed by atoms with Crippen molar-refractivity contribution in [3.8, 4) is 0 Å². The van der Waals surface area contributed by atoms with E-state index in [2.05, 4.69) is 17.0 Å². The maximum absolute atomic E-state index is 8.52. The SMILES string of the molecule is CCNC1=CCC(=[N+]=[N-])C=C1C. The predicted octanol–water partition coefficient (Wildman–Crippen LogP) is 1.50. The summed E-state index contributed by atoms with van der Waals surface area (Å²) in [6, 6.07) is 0. The summed E-state index contributed by atoms with van der Waals surface area (Å²) in [5.41, 5.74) is 11.5. The Hall–Kier alpha value is -1.34. The Kier molecular flexibility index (Phi) is 2.83. The Morgan fingerprint density at radius 1 is 1.67 bits per heavy atom. The highest BCUT2D eigenvalue weighted by atomic mass is 14.9. The molecule has 1 N–H and O–H groups in total. The first-order valence-electron chi connectivity index (χ1n) is 4.11. The lowest BCUT2D eigenvalue weighted by Crippen LogP contribution is -2.16. The van der Waals surface area contributed by atoms with Gasteiger partial charge in [0, 0.05) is 18.3 Å². The molecule has 12 heavy (non-hydrogen) atoms. The van der Waals surface area contributed by atoms with Crippen molar-refractivity contribution in [1.82, 2.24) is 5.32 Å². The minimum absolute atomic E-state index is 0.705. The summed E-state index contributed by atoms with van der Waals surface area (Å²) >= 11 is 0. The molecule has 0 fully saturated rings. The van der Waals surface area contributed by atoms with Gasteiger partial charge in [0.05, 0.1) is 6.42 Å². The molecular formula is C9H13N3. The Morgan fingerprint density at radius 2 is 2.42 bits per heavy atom. The Balaban J connectivity index is 2.79. The van der Waals surface area contributed by atoms with E-state index < -0.39 is 0 Å². The molecule has 3 heteroatoms. The van der Waals surface area contributed by atoms with Crippen LogP contribution in [0.25, 0.3) is 5.53 Å². The van der Waals surface area contributed by atoms with E-state index in [1.165, 1.54) is 0 Å². The van der Waals surface area contributed by atoms with Gasteiger partial charge in [-0.15, -0.1) is 0 Å². The van der Waals surface area contributed by atoms with E-state index in [9.17, 15) is 0 Å². The van der Waals surface area contributed by atoms with Crippen molar-refractivity contribution in [3.05, 3.63) is 29.0 Å². The van der Waals surface area contributed by atoms with Crippen LogP contribution in [-0.2, 0) is 0 Å². The molecule has 0 aromatic rings. The van der Waals surface area contributed by atoms with E-state index in [4.69, 9.17) is 5.53 Å². The summed E-state index contributed by atoms with van der Waals surface area (Å²) in [4.78, 5) is 3.16. The topological polar surface area (TPSA) is 48.4 Å². The highest BCUT2D eigenvalue weighted by Gasteiger charge is 2.11. The molecular weight excluding hydrogens is 150 g/mol. The molecule has 0 aromatic heterocycles. The van der Waals surface area contributed by atoms with Gasteiger partial charge >= 0.3 is 0 Å². The normalized spacial score (nSPS) is 16.3. The number of likely N-dealkylation sites (N-methyl/N-ethyl adjacent to an activating group) is 1. The van der Waals surface area contributed by atoms with Crippen molar-refractivity contribution in [3.63, 3.8) is 0 Å². The van der Waals surface area contributed by atoms with Crippen molar-refractivity contribution >= 4 is 5.71 Å². The zero-order valence-electron chi connectivity index (χ0n) is 7.46. The van der Waals surface area contributed by atoms with Crippen LogP contribution in [0.15, 0.2) is 23.4 Å². The second-order valence-corrected chi connectivity index (χ2v) is 2.77. The lowest BCUT2D eigenvalue weighted by atomic mass is 10.0. The van der Waals surface area contributed by atoms with Crippen LogP contribution in [0.2, 0.25) is 0 Å². The Labute approximate surface area is 72.4 Å². The van der Waals surface area contributed by atoms with E-state index in [0.717, 1.165) is 17.8 Å². The fourth-order valence-electron chi connectivity index (χ4n) is 1.23. The first-order valence-corrected chi connectivity index (χ1v) is 4.11. The zero-order chi connectivity index (χ0) is 8.97. The van der Waals surface area contributed by atoms with E-state index in [0.29, 0.717) is 12.1 Å². The number of allylic oxidation sites excluding steroid dienone is 3. The van der Waals surface area contributed by atoms with E-state index >= 15 is 0 Å². The van der Waals surface area contributed by atoms with Crippen molar-refractivity contribution in [2.24, 2.45) is 0 Å². The molecule has 0 spiro atoms. The molecule has 1 aliphatic carbocycles. The van der Waals surface area contributed by atoms with Crippen molar-refractivity contribution in [2.45, 2.75) is 20.3 Å². The average molecular weight is 163 g/mol. The molecule has 0 aromatic carbocycles. The Bertz CT molecular complexity index is 280. The summed E-state index contributed by atoms with van der Waals surface area (Å²) in [7, 11) is 0. The van der Waals surface area contributed by atoms with Gasteiger partial charge in [-0.2, -0.15) is 4.79 Å². The van der Waals surface area contributed by atoms with Crippen molar-refractivity contribution < 1.29 is 4.79 Å². The van der Waals surface area contributed by atoms with Crippen LogP contribution >= 0.6 is 0 Å². The smallest absolute Gasteiger partial charge is 0.296 e. The fraction of sp³-hybridized carbons (Fsp3) is 0.444. The predicted molar refractivity (Wildman–Crippen MR) is 48.8 cm³/mol. The summed E-state index contributed by atoms with van der Waals surface area (Å²) in [5, 5.41) is 3.24. The van der Waals surface area contributed by atoms with Gasteiger partial charge in [-0.25, -0.2) is 0 Å². The molecule has 0 heterocycles. The molecule has 0 bridgehead atoms. The van der Waals surface area contributed by atoms with Gasteiger partial charge in [0.1, 0.15) is 0 Å². The molecule has 64 valence electrons. The van der Waals surface area contributed by atoms with Gasteiger partial charge in [-0.05, 0) is 25.5 Å². The fourth-order valence-corrected chi connectivity index (χ4v) is 1.23. The first-order chi connectivity index (χ1) is 5.77. The van der Waals surface area contributed by atoms with Gasteiger partial charge < -0.3 is 10.8 Å². The van der Waals surface area contributed by atoms with Crippen LogP contribution in [0.1, 0.15) is 20.3 Å². The van der Waals surface area contributed by atoms with Gasteiger partial charge in [0.2, 0.25) is 0 Å². The van der Waals surface area contributed by atoms with Crippen LogP contribution in [0.3, 0.4) is 0 Å². The summed E-state index contributed by atoms with van der Waals surface area (Å²) in [6.07, 6.45) is 4.63. The first kappa shape index (κ1) is 8.75. The van der Waals surface area contributed by atoms with Gasteiger partial charge in [0.25, 0.3) is 5.71 Å². The molecule has 0 aliphatic heterocycles. The number of nitrogens with zero attached hydrogens (tertiary/aromatic N) is 2. The number of rotatable bonds is 2. The Morgan fingerprint density at radius 3 is 2.92 bits per heavy atom.